The molecule has 1 N–H and O–H groups in total. The zero-order chi connectivity index (χ0) is 32.5. The fourth-order valence-corrected chi connectivity index (χ4v) is 7.98. The predicted molar refractivity (Wildman–Crippen MR) is 170 cm³/mol. The molecule has 0 unspecified atom stereocenters. The summed E-state index contributed by atoms with van der Waals surface area (Å²) in [6.07, 6.45) is 0.922. The summed E-state index contributed by atoms with van der Waals surface area (Å²) in [6.45, 7) is 6.15. The van der Waals surface area contributed by atoms with Crippen LogP contribution in [0.2, 0.25) is 0 Å². The van der Waals surface area contributed by atoms with E-state index in [9.17, 15) is 9.59 Å². The van der Waals surface area contributed by atoms with Crippen molar-refractivity contribution in [2.45, 2.75) is 51.4 Å². The molecule has 11 nitrogen and oxygen atoms in total. The molecule has 2 aliphatic heterocycles. The van der Waals surface area contributed by atoms with Crippen LogP contribution in [0.3, 0.4) is 0 Å². The molecule has 0 amide bonds. The highest BCUT2D eigenvalue weighted by atomic mass is 16.6. The van der Waals surface area contributed by atoms with Crippen LogP contribution in [0.4, 0.5) is 0 Å². The van der Waals surface area contributed by atoms with Crippen molar-refractivity contribution in [2.24, 2.45) is 17.8 Å². The van der Waals surface area contributed by atoms with E-state index in [0.717, 1.165) is 37.2 Å². The van der Waals surface area contributed by atoms with Crippen LogP contribution < -0.4 is 18.9 Å². The van der Waals surface area contributed by atoms with E-state index in [-0.39, 0.29) is 29.4 Å². The van der Waals surface area contributed by atoms with Gasteiger partial charge in [-0.05, 0) is 74.8 Å². The number of carbonyl (C=O) groups excluding carboxylic acids is 2. The molecular formula is C35H44N2O9. The lowest BCUT2D eigenvalue weighted by atomic mass is 9.63. The molecule has 2 fully saturated rings. The number of hydrogen-bond donors (Lipinski definition) is 1. The number of aromatic nitrogens is 1. The van der Waals surface area contributed by atoms with E-state index in [0.29, 0.717) is 36.9 Å². The van der Waals surface area contributed by atoms with Crippen molar-refractivity contribution in [1.82, 2.24) is 9.88 Å². The van der Waals surface area contributed by atoms with Gasteiger partial charge in [0, 0.05) is 42.9 Å². The standard InChI is InChI=1S/C35H44N2O9/c1-7-44-27-13-19(14-28(45-8-2)32(27)41-4)34(38)46-29-15-20-18-37-12-11-23-22-10-9-21(40-3)16-25(22)36-31(23)26(37)17-24(20)30(33(29)42-5)35(39)43-6/h9-10,13-14,16,20,24,26,29-30,33,36H,7-8,11-12,15,17-18H2,1-6H3/t20-,24+,26+,29+,30+,33+/m1/s1. The number of H-pyrrole nitrogens is 1. The highest BCUT2D eigenvalue weighted by molar-refractivity contribution is 5.91. The highest BCUT2D eigenvalue weighted by Crippen LogP contribution is 2.51. The molecule has 11 heteroatoms. The third kappa shape index (κ3) is 5.64. The molecule has 1 aromatic heterocycles. The highest BCUT2D eigenvalue weighted by Gasteiger charge is 2.54. The van der Waals surface area contributed by atoms with Crippen molar-refractivity contribution in [1.29, 1.82) is 0 Å². The maximum Gasteiger partial charge on any atom is 0.338 e. The number of ether oxygens (including phenoxy) is 7. The number of nitrogens with one attached hydrogen (secondary N) is 1. The van der Waals surface area contributed by atoms with Crippen LogP contribution in [0.25, 0.3) is 10.9 Å². The van der Waals surface area contributed by atoms with Gasteiger partial charge in [0.25, 0.3) is 0 Å². The third-order valence-corrected chi connectivity index (χ3v) is 9.92. The normalized spacial score (nSPS) is 25.5. The van der Waals surface area contributed by atoms with E-state index in [1.54, 1.807) is 26.4 Å². The van der Waals surface area contributed by atoms with Gasteiger partial charge >= 0.3 is 11.9 Å². The zero-order valence-corrected chi connectivity index (χ0v) is 27.4. The minimum atomic E-state index is -0.671. The van der Waals surface area contributed by atoms with Crippen molar-refractivity contribution in [2.75, 3.05) is 54.7 Å². The van der Waals surface area contributed by atoms with Gasteiger partial charge in [-0.15, -0.1) is 0 Å². The van der Waals surface area contributed by atoms with Crippen LogP contribution in [0.15, 0.2) is 30.3 Å². The number of benzene rings is 2. The van der Waals surface area contributed by atoms with E-state index in [2.05, 4.69) is 16.0 Å². The van der Waals surface area contributed by atoms with Crippen LogP contribution in [-0.2, 0) is 25.4 Å². The lowest BCUT2D eigenvalue weighted by molar-refractivity contribution is -0.176. The molecule has 0 radical (unpaired) electrons. The minimum Gasteiger partial charge on any atom is -0.497 e. The summed E-state index contributed by atoms with van der Waals surface area (Å²) >= 11 is 0. The molecule has 0 bridgehead atoms. The average molecular weight is 637 g/mol. The van der Waals surface area contributed by atoms with Crippen molar-refractivity contribution in [3.8, 4) is 23.0 Å². The van der Waals surface area contributed by atoms with Gasteiger partial charge in [0.15, 0.2) is 11.5 Å². The number of hydrogen-bond acceptors (Lipinski definition) is 10. The SMILES string of the molecule is CCOc1cc(C(=O)O[C@H]2C[C@@H]3CN4CCc5c([nH]c6cc(OC)ccc56)[C@@H]4C[C@@H]3[C@H](C(=O)OC)[C@H]2OC)cc(OCC)c1OC. The summed E-state index contributed by atoms with van der Waals surface area (Å²) in [5.41, 5.74) is 3.85. The number of methoxy groups -OCH3 is 4. The fourth-order valence-electron chi connectivity index (χ4n) is 7.98. The largest absolute Gasteiger partial charge is 0.497 e. The molecule has 6 atom stereocenters. The maximum atomic E-state index is 13.7. The van der Waals surface area contributed by atoms with Gasteiger partial charge < -0.3 is 38.1 Å². The molecule has 1 saturated heterocycles. The molecule has 46 heavy (non-hydrogen) atoms. The Balaban J connectivity index is 1.29. The van der Waals surface area contributed by atoms with E-state index >= 15 is 0 Å². The van der Waals surface area contributed by atoms with Crippen molar-refractivity contribution < 1.29 is 42.7 Å². The number of piperidine rings is 1. The fraction of sp³-hybridized carbons (Fsp3) is 0.543. The first-order valence-electron chi connectivity index (χ1n) is 16.1. The van der Waals surface area contributed by atoms with Crippen LogP contribution in [0.1, 0.15) is 54.3 Å². The lowest BCUT2D eigenvalue weighted by Gasteiger charge is -2.52. The summed E-state index contributed by atoms with van der Waals surface area (Å²) in [4.78, 5) is 33.4. The Morgan fingerprint density at radius 3 is 2.33 bits per heavy atom. The first-order chi connectivity index (χ1) is 22.3. The Morgan fingerprint density at radius 1 is 0.957 bits per heavy atom. The van der Waals surface area contributed by atoms with E-state index in [4.69, 9.17) is 33.2 Å². The number of aromatic amines is 1. The van der Waals surface area contributed by atoms with Gasteiger partial charge in [-0.25, -0.2) is 4.79 Å². The summed E-state index contributed by atoms with van der Waals surface area (Å²) in [5, 5.41) is 1.21. The quantitative estimate of drug-likeness (QED) is 0.306. The molecule has 3 aromatic rings. The molecule has 2 aromatic carbocycles. The molecule has 1 saturated carbocycles. The summed E-state index contributed by atoms with van der Waals surface area (Å²) in [7, 11) is 6.17. The number of rotatable bonds is 10. The average Bonchev–Trinajstić information content (AvgIpc) is 3.45. The second-order valence-corrected chi connectivity index (χ2v) is 12.1. The van der Waals surface area contributed by atoms with Gasteiger partial charge in [-0.3, -0.25) is 9.69 Å². The predicted octanol–water partition coefficient (Wildman–Crippen LogP) is 4.95. The van der Waals surface area contributed by atoms with Crippen molar-refractivity contribution in [3.63, 3.8) is 0 Å². The monoisotopic (exact) mass is 636 g/mol. The van der Waals surface area contributed by atoms with Crippen LogP contribution in [-0.4, -0.2) is 88.8 Å². The second-order valence-electron chi connectivity index (χ2n) is 12.1. The molecule has 3 heterocycles. The Bertz CT molecular complexity index is 1560. The topological polar surface area (TPSA) is 118 Å². The second kappa shape index (κ2) is 13.4. The Labute approximate surface area is 269 Å². The van der Waals surface area contributed by atoms with Gasteiger partial charge in [0.2, 0.25) is 5.75 Å². The Morgan fingerprint density at radius 2 is 1.70 bits per heavy atom. The third-order valence-electron chi connectivity index (χ3n) is 9.92. The number of nitrogens with zero attached hydrogens (tertiary/aromatic N) is 1. The van der Waals surface area contributed by atoms with E-state index in [1.165, 1.54) is 30.9 Å². The van der Waals surface area contributed by atoms with Crippen molar-refractivity contribution in [3.05, 3.63) is 47.2 Å². The van der Waals surface area contributed by atoms with Gasteiger partial charge in [0.05, 0.1) is 52.1 Å². The first kappa shape index (κ1) is 32.0. The Kier molecular flexibility index (Phi) is 9.33. The van der Waals surface area contributed by atoms with Crippen LogP contribution >= 0.6 is 0 Å². The molecular weight excluding hydrogens is 592 g/mol. The summed E-state index contributed by atoms with van der Waals surface area (Å²) < 4.78 is 40.0. The number of fused-ring (bicyclic) bond motifs is 6. The minimum absolute atomic E-state index is 0.0180. The van der Waals surface area contributed by atoms with Gasteiger partial charge in [0.1, 0.15) is 18.0 Å². The van der Waals surface area contributed by atoms with Crippen LogP contribution in [0, 0.1) is 17.8 Å². The molecule has 0 spiro atoms. The molecule has 3 aliphatic rings. The summed E-state index contributed by atoms with van der Waals surface area (Å²) in [6, 6.07) is 9.50. The molecule has 6 rings (SSSR count). The maximum absolute atomic E-state index is 13.7. The van der Waals surface area contributed by atoms with Crippen LogP contribution in [0.5, 0.6) is 23.0 Å². The number of carbonyl (C=O) groups is 2. The molecule has 1 aliphatic carbocycles. The van der Waals surface area contributed by atoms with Crippen molar-refractivity contribution >= 4 is 22.8 Å². The lowest BCUT2D eigenvalue weighted by Crippen LogP contribution is -2.58. The van der Waals surface area contributed by atoms with Gasteiger partial charge in [-0.1, -0.05) is 0 Å². The number of esters is 2. The smallest absolute Gasteiger partial charge is 0.338 e. The van der Waals surface area contributed by atoms with E-state index < -0.39 is 24.1 Å². The summed E-state index contributed by atoms with van der Waals surface area (Å²) in [5.74, 6) is 0.583. The van der Waals surface area contributed by atoms with Gasteiger partial charge in [-0.2, -0.15) is 0 Å². The zero-order valence-electron chi connectivity index (χ0n) is 27.4. The first-order valence-corrected chi connectivity index (χ1v) is 16.1. The molecule has 248 valence electrons. The van der Waals surface area contributed by atoms with E-state index in [1.807, 2.05) is 26.0 Å². The Hall–Kier alpha value is -3.96.